The first-order chi connectivity index (χ1) is 9.41. The third-order valence-electron chi connectivity index (χ3n) is 2.93. The minimum absolute atomic E-state index is 0.0172. The number of alkyl halides is 3. The van der Waals surface area contributed by atoms with Gasteiger partial charge in [0.05, 0.1) is 5.56 Å². The third kappa shape index (κ3) is 4.24. The molecule has 20 heavy (non-hydrogen) atoms. The summed E-state index contributed by atoms with van der Waals surface area (Å²) in [6, 6.07) is 2.83. The molecule has 1 atom stereocenters. The fourth-order valence-corrected chi connectivity index (χ4v) is 1.95. The van der Waals surface area contributed by atoms with Crippen LogP contribution in [0.5, 0.6) is 0 Å². The first-order valence-electron chi connectivity index (χ1n) is 6.44. The predicted molar refractivity (Wildman–Crippen MR) is 70.5 cm³/mol. The van der Waals surface area contributed by atoms with Crippen LogP contribution in [0.4, 0.5) is 17.6 Å². The van der Waals surface area contributed by atoms with Gasteiger partial charge in [-0.05, 0) is 25.5 Å². The zero-order valence-corrected chi connectivity index (χ0v) is 11.2. The lowest BCUT2D eigenvalue weighted by molar-refractivity contribution is -0.140. The van der Waals surface area contributed by atoms with Crippen LogP contribution >= 0.6 is 0 Å². The largest absolute Gasteiger partial charge is 0.419 e. The van der Waals surface area contributed by atoms with Gasteiger partial charge in [-0.25, -0.2) is 4.39 Å². The Morgan fingerprint density at radius 2 is 2.05 bits per heavy atom. The molecule has 0 bridgehead atoms. The first kappa shape index (κ1) is 16.5. The molecule has 1 aromatic carbocycles. The topological polar surface area (TPSA) is 12.0 Å². The van der Waals surface area contributed by atoms with Crippen LogP contribution in [0.2, 0.25) is 0 Å². The number of hydrogen-bond acceptors (Lipinski definition) is 1. The monoisotopic (exact) mass is 287 g/mol. The van der Waals surface area contributed by atoms with Crippen molar-refractivity contribution < 1.29 is 17.6 Å². The summed E-state index contributed by atoms with van der Waals surface area (Å²) >= 11 is 0. The summed E-state index contributed by atoms with van der Waals surface area (Å²) in [5, 5.41) is 3.04. The summed E-state index contributed by atoms with van der Waals surface area (Å²) in [5.74, 6) is 1.21. The normalized spacial score (nSPS) is 13.0. The van der Waals surface area contributed by atoms with Gasteiger partial charge in [-0.2, -0.15) is 13.2 Å². The Morgan fingerprint density at radius 1 is 1.35 bits per heavy atom. The minimum atomic E-state index is -4.69. The summed E-state index contributed by atoms with van der Waals surface area (Å²) in [6.07, 6.45) is 2.04. The van der Waals surface area contributed by atoms with Crippen molar-refractivity contribution in [1.82, 2.24) is 5.32 Å². The van der Waals surface area contributed by atoms with Crippen LogP contribution in [0.3, 0.4) is 0 Å². The highest BCUT2D eigenvalue weighted by molar-refractivity contribution is 5.30. The van der Waals surface area contributed by atoms with Crippen LogP contribution < -0.4 is 5.32 Å². The average molecular weight is 287 g/mol. The van der Waals surface area contributed by atoms with Gasteiger partial charge < -0.3 is 5.32 Å². The Hall–Kier alpha value is -1.54. The third-order valence-corrected chi connectivity index (χ3v) is 2.93. The number of hydrogen-bond donors (Lipinski definition) is 1. The lowest BCUT2D eigenvalue weighted by Gasteiger charge is -2.20. The van der Waals surface area contributed by atoms with Crippen molar-refractivity contribution in [3.8, 4) is 12.3 Å². The van der Waals surface area contributed by atoms with Gasteiger partial charge in [-0.3, -0.25) is 0 Å². The molecule has 1 rings (SSSR count). The van der Waals surface area contributed by atoms with Gasteiger partial charge in [-0.15, -0.1) is 12.3 Å². The Labute approximate surface area is 116 Å². The van der Waals surface area contributed by atoms with Crippen LogP contribution in [-0.2, 0) is 6.18 Å². The summed E-state index contributed by atoms with van der Waals surface area (Å²) in [6.45, 7) is 2.51. The highest BCUT2D eigenvalue weighted by Gasteiger charge is 2.35. The molecule has 110 valence electrons. The van der Waals surface area contributed by atoms with E-state index in [1.165, 1.54) is 12.1 Å². The molecule has 0 aliphatic carbocycles. The van der Waals surface area contributed by atoms with E-state index in [2.05, 4.69) is 11.2 Å². The smallest absolute Gasteiger partial charge is 0.310 e. The molecule has 0 radical (unpaired) electrons. The molecule has 0 aliphatic rings. The van der Waals surface area contributed by atoms with E-state index in [9.17, 15) is 17.6 Å². The zero-order valence-electron chi connectivity index (χ0n) is 11.2. The summed E-state index contributed by atoms with van der Waals surface area (Å²) in [7, 11) is 0. The van der Waals surface area contributed by atoms with Crippen LogP contribution in [0.25, 0.3) is 0 Å². The van der Waals surface area contributed by atoms with E-state index in [1.807, 2.05) is 6.92 Å². The zero-order chi connectivity index (χ0) is 15.2. The molecule has 0 aromatic heterocycles. The molecule has 1 nitrogen and oxygen atoms in total. The van der Waals surface area contributed by atoms with Gasteiger partial charge in [0.25, 0.3) is 0 Å². The summed E-state index contributed by atoms with van der Waals surface area (Å²) < 4.78 is 52.2. The molecule has 0 fully saturated rings. The number of nitrogens with one attached hydrogen (secondary N) is 1. The first-order valence-corrected chi connectivity index (χ1v) is 6.44. The number of halogens is 4. The lowest BCUT2D eigenvalue weighted by Crippen LogP contribution is -2.24. The summed E-state index contributed by atoms with van der Waals surface area (Å²) in [4.78, 5) is 0. The van der Waals surface area contributed by atoms with Crippen molar-refractivity contribution >= 4 is 0 Å². The van der Waals surface area contributed by atoms with Crippen molar-refractivity contribution in [2.75, 3.05) is 6.54 Å². The van der Waals surface area contributed by atoms with E-state index in [0.29, 0.717) is 19.4 Å². The molecule has 1 N–H and O–H groups in total. The molecule has 0 spiro atoms. The van der Waals surface area contributed by atoms with Gasteiger partial charge in [-0.1, -0.05) is 19.1 Å². The van der Waals surface area contributed by atoms with Gasteiger partial charge in [0.2, 0.25) is 0 Å². The molecule has 0 saturated heterocycles. The second kappa shape index (κ2) is 7.30. The highest BCUT2D eigenvalue weighted by atomic mass is 19.4. The second-order valence-corrected chi connectivity index (χ2v) is 4.46. The maximum absolute atomic E-state index is 14.1. The van der Waals surface area contributed by atoms with Gasteiger partial charge >= 0.3 is 6.18 Å². The van der Waals surface area contributed by atoms with Crippen molar-refractivity contribution in [1.29, 1.82) is 0 Å². The Kier molecular flexibility index (Phi) is 6.03. The van der Waals surface area contributed by atoms with E-state index >= 15 is 0 Å². The van der Waals surface area contributed by atoms with E-state index < -0.39 is 23.6 Å². The van der Waals surface area contributed by atoms with Crippen LogP contribution in [-0.4, -0.2) is 6.54 Å². The fraction of sp³-hybridized carbons (Fsp3) is 0.467. The van der Waals surface area contributed by atoms with Crippen LogP contribution in [0, 0.1) is 18.2 Å². The van der Waals surface area contributed by atoms with Crippen molar-refractivity contribution in [3.05, 3.63) is 35.1 Å². The molecule has 0 amide bonds. The molecule has 0 aliphatic heterocycles. The number of terminal acetylenes is 1. The maximum atomic E-state index is 14.1. The fourth-order valence-electron chi connectivity index (χ4n) is 1.95. The molecule has 1 aromatic rings. The van der Waals surface area contributed by atoms with E-state index in [4.69, 9.17) is 6.42 Å². The van der Waals surface area contributed by atoms with Crippen molar-refractivity contribution in [3.63, 3.8) is 0 Å². The number of rotatable bonds is 6. The summed E-state index contributed by atoms with van der Waals surface area (Å²) in [5.41, 5.74) is -1.22. The lowest BCUT2D eigenvalue weighted by atomic mass is 9.98. The van der Waals surface area contributed by atoms with Crippen molar-refractivity contribution in [2.45, 2.75) is 38.4 Å². The molecule has 0 heterocycles. The van der Waals surface area contributed by atoms with E-state index in [1.54, 1.807) is 0 Å². The highest BCUT2D eigenvalue weighted by Crippen LogP contribution is 2.34. The minimum Gasteiger partial charge on any atom is -0.310 e. The van der Waals surface area contributed by atoms with Crippen molar-refractivity contribution in [2.24, 2.45) is 0 Å². The van der Waals surface area contributed by atoms with E-state index in [0.717, 1.165) is 12.5 Å². The number of benzene rings is 1. The molecular weight excluding hydrogens is 270 g/mol. The van der Waals surface area contributed by atoms with Crippen LogP contribution in [0.1, 0.15) is 43.4 Å². The molecular formula is C15H17F4N. The maximum Gasteiger partial charge on any atom is 0.419 e. The Morgan fingerprint density at radius 3 is 2.60 bits per heavy atom. The Bertz CT molecular complexity index is 474. The second-order valence-electron chi connectivity index (χ2n) is 4.46. The Balaban J connectivity index is 3.10. The molecule has 0 saturated carbocycles. The standard InChI is InChI=1S/C15H17F4N/c1-3-5-9-13(20-10-4-2)11-7-6-8-12(14(11)16)15(17,18)19/h1,6-8,13,20H,4-5,9-10H2,2H3. The van der Waals surface area contributed by atoms with E-state index in [-0.39, 0.29) is 5.56 Å². The SMILES string of the molecule is C#CCCC(NCCC)c1cccc(C(F)(F)F)c1F. The van der Waals surface area contributed by atoms with Gasteiger partial charge in [0.15, 0.2) is 0 Å². The molecule has 5 heteroatoms. The predicted octanol–water partition coefficient (Wildman–Crippen LogP) is 4.30. The molecule has 1 unspecified atom stereocenters. The average Bonchev–Trinajstić information content (AvgIpc) is 2.38. The van der Waals surface area contributed by atoms with Gasteiger partial charge in [0.1, 0.15) is 5.82 Å². The van der Waals surface area contributed by atoms with Crippen LogP contribution in [0.15, 0.2) is 18.2 Å². The quantitative estimate of drug-likeness (QED) is 0.607. The van der Waals surface area contributed by atoms with Gasteiger partial charge in [0, 0.05) is 18.0 Å².